The van der Waals surface area contributed by atoms with E-state index in [0.717, 1.165) is 14.7 Å². The van der Waals surface area contributed by atoms with Crippen LogP contribution in [0.25, 0.3) is 0 Å². The molecule has 2 rings (SSSR count). The normalized spacial score (nSPS) is 12.4. The number of hydrogen-bond donors (Lipinski definition) is 1. The number of aliphatic hydroxyl groups is 1. The van der Waals surface area contributed by atoms with Crippen LogP contribution in [0, 0.1) is 16.3 Å². The zero-order valence-electron chi connectivity index (χ0n) is 10.0. The highest BCUT2D eigenvalue weighted by atomic mass is 127. The highest BCUT2D eigenvalue weighted by molar-refractivity contribution is 14.1. The highest BCUT2D eigenvalue weighted by Crippen LogP contribution is 2.24. The minimum Gasteiger partial charge on any atom is -0.388 e. The molecule has 0 amide bonds. The van der Waals surface area contributed by atoms with E-state index >= 15 is 0 Å². The topological polar surface area (TPSA) is 20.2 Å². The smallest absolute Gasteiger partial charge is 0.124 e. The Hall–Kier alpha value is -0.940. The molecule has 1 N–H and O–H groups in total. The largest absolute Gasteiger partial charge is 0.388 e. The summed E-state index contributed by atoms with van der Waals surface area (Å²) in [7, 11) is 0. The first-order valence-corrected chi connectivity index (χ1v) is 6.82. The molecule has 2 aromatic carbocycles. The van der Waals surface area contributed by atoms with Crippen LogP contribution in [0.4, 0.5) is 4.39 Å². The van der Waals surface area contributed by atoms with E-state index in [2.05, 4.69) is 28.7 Å². The summed E-state index contributed by atoms with van der Waals surface area (Å²) in [5, 5.41) is 10.2. The maximum atomic E-state index is 13.0. The number of rotatable bonds is 3. The lowest BCUT2D eigenvalue weighted by Crippen LogP contribution is -2.04. The third-order valence-corrected chi connectivity index (χ3v) is 3.77. The van der Waals surface area contributed by atoms with Crippen molar-refractivity contribution in [2.24, 2.45) is 0 Å². The van der Waals surface area contributed by atoms with E-state index in [1.54, 1.807) is 6.07 Å². The summed E-state index contributed by atoms with van der Waals surface area (Å²) >= 11 is 2.05. The van der Waals surface area contributed by atoms with Crippen LogP contribution in [0.15, 0.2) is 42.5 Å². The van der Waals surface area contributed by atoms with Crippen LogP contribution < -0.4 is 0 Å². The van der Waals surface area contributed by atoms with Gasteiger partial charge in [-0.25, -0.2) is 4.39 Å². The van der Waals surface area contributed by atoms with Gasteiger partial charge >= 0.3 is 0 Å². The minimum absolute atomic E-state index is 0.272. The molecular formula is C15H14FIO. The second-order valence-electron chi connectivity index (χ2n) is 4.37. The SMILES string of the molecule is Cc1cccc(CC(O)c2ccc(F)cc2I)c1. The molecule has 1 nitrogen and oxygen atoms in total. The molecule has 1 unspecified atom stereocenters. The fraction of sp³-hybridized carbons (Fsp3) is 0.200. The lowest BCUT2D eigenvalue weighted by Gasteiger charge is -2.13. The van der Waals surface area contributed by atoms with Gasteiger partial charge in [0.25, 0.3) is 0 Å². The van der Waals surface area contributed by atoms with Crippen LogP contribution in [0.1, 0.15) is 22.8 Å². The molecule has 2 aromatic rings. The Balaban J connectivity index is 2.19. The molecule has 0 aliphatic rings. The van der Waals surface area contributed by atoms with E-state index in [1.165, 1.54) is 17.7 Å². The van der Waals surface area contributed by atoms with Crippen LogP contribution in [0.5, 0.6) is 0 Å². The van der Waals surface area contributed by atoms with Gasteiger partial charge in [-0.05, 0) is 52.8 Å². The first-order chi connectivity index (χ1) is 8.56. The maximum absolute atomic E-state index is 13.0. The zero-order valence-corrected chi connectivity index (χ0v) is 12.2. The first kappa shape index (κ1) is 13.5. The molecule has 3 heteroatoms. The average Bonchev–Trinajstić information content (AvgIpc) is 2.28. The Bertz CT molecular complexity index is 554. The lowest BCUT2D eigenvalue weighted by molar-refractivity contribution is 0.177. The van der Waals surface area contributed by atoms with Gasteiger partial charge in [-0.15, -0.1) is 0 Å². The highest BCUT2D eigenvalue weighted by Gasteiger charge is 2.12. The van der Waals surface area contributed by atoms with Crippen LogP contribution in [0.2, 0.25) is 0 Å². The molecule has 0 saturated carbocycles. The molecule has 1 atom stereocenters. The molecular weight excluding hydrogens is 342 g/mol. The average molecular weight is 356 g/mol. The summed E-state index contributed by atoms with van der Waals surface area (Å²) in [6.45, 7) is 2.03. The summed E-state index contributed by atoms with van der Waals surface area (Å²) < 4.78 is 13.8. The summed E-state index contributed by atoms with van der Waals surface area (Å²) in [6, 6.07) is 12.5. The van der Waals surface area contributed by atoms with Crippen molar-refractivity contribution in [2.75, 3.05) is 0 Å². The van der Waals surface area contributed by atoms with E-state index in [9.17, 15) is 9.50 Å². The number of benzene rings is 2. The van der Waals surface area contributed by atoms with Crippen LogP contribution in [-0.2, 0) is 6.42 Å². The Morgan fingerprint density at radius 2 is 2.00 bits per heavy atom. The monoisotopic (exact) mass is 356 g/mol. The van der Waals surface area contributed by atoms with Crippen molar-refractivity contribution in [3.63, 3.8) is 0 Å². The zero-order chi connectivity index (χ0) is 13.1. The Labute approximate surface area is 120 Å². The molecule has 0 heterocycles. The molecule has 0 aromatic heterocycles. The summed E-state index contributed by atoms with van der Waals surface area (Å²) in [5.74, 6) is -0.272. The third-order valence-electron chi connectivity index (χ3n) is 2.83. The van der Waals surface area contributed by atoms with Crippen LogP contribution in [-0.4, -0.2) is 5.11 Å². The molecule has 0 aliphatic carbocycles. The number of halogens is 2. The number of hydrogen-bond acceptors (Lipinski definition) is 1. The van der Waals surface area contributed by atoms with Gasteiger partial charge in [0.1, 0.15) is 5.82 Å². The van der Waals surface area contributed by atoms with Gasteiger partial charge in [0.05, 0.1) is 6.10 Å². The molecule has 0 aliphatic heterocycles. The van der Waals surface area contributed by atoms with E-state index in [0.29, 0.717) is 6.42 Å². The van der Waals surface area contributed by atoms with Gasteiger partial charge in [0, 0.05) is 9.99 Å². The quantitative estimate of drug-likeness (QED) is 0.824. The van der Waals surface area contributed by atoms with Crippen molar-refractivity contribution in [3.8, 4) is 0 Å². The maximum Gasteiger partial charge on any atom is 0.124 e. The van der Waals surface area contributed by atoms with E-state index in [1.807, 2.05) is 25.1 Å². The molecule has 0 fully saturated rings. The lowest BCUT2D eigenvalue weighted by atomic mass is 10.0. The van der Waals surface area contributed by atoms with Gasteiger partial charge in [0.2, 0.25) is 0 Å². The second kappa shape index (κ2) is 5.80. The second-order valence-corrected chi connectivity index (χ2v) is 5.54. The summed E-state index contributed by atoms with van der Waals surface area (Å²) in [6.07, 6.45) is -0.0529. The number of aryl methyl sites for hydroxylation is 1. The van der Waals surface area contributed by atoms with Gasteiger partial charge in [0.15, 0.2) is 0 Å². The Morgan fingerprint density at radius 3 is 2.67 bits per heavy atom. The Kier molecular flexibility index (Phi) is 4.35. The summed E-state index contributed by atoms with van der Waals surface area (Å²) in [5.41, 5.74) is 3.04. The molecule has 0 bridgehead atoms. The van der Waals surface area contributed by atoms with E-state index in [4.69, 9.17) is 0 Å². The predicted octanol–water partition coefficient (Wildman–Crippen LogP) is 4.01. The fourth-order valence-corrected chi connectivity index (χ4v) is 2.78. The van der Waals surface area contributed by atoms with Gasteiger partial charge in [-0.3, -0.25) is 0 Å². The van der Waals surface area contributed by atoms with Crippen molar-refractivity contribution in [1.29, 1.82) is 0 Å². The molecule has 0 saturated heterocycles. The van der Waals surface area contributed by atoms with Crippen molar-refractivity contribution in [3.05, 3.63) is 68.5 Å². The van der Waals surface area contributed by atoms with Crippen LogP contribution in [0.3, 0.4) is 0 Å². The molecule has 0 radical (unpaired) electrons. The minimum atomic E-state index is -0.598. The van der Waals surface area contributed by atoms with Gasteiger partial charge in [-0.1, -0.05) is 35.9 Å². The standard InChI is InChI=1S/C15H14FIO/c1-10-3-2-4-11(7-10)8-15(18)13-6-5-12(16)9-14(13)17/h2-7,9,15,18H,8H2,1H3. The molecule has 94 valence electrons. The van der Waals surface area contributed by atoms with Crippen molar-refractivity contribution < 1.29 is 9.50 Å². The predicted molar refractivity (Wildman–Crippen MR) is 79.0 cm³/mol. The van der Waals surface area contributed by atoms with Crippen LogP contribution >= 0.6 is 22.6 Å². The fourth-order valence-electron chi connectivity index (χ4n) is 1.94. The van der Waals surface area contributed by atoms with Crippen molar-refractivity contribution >= 4 is 22.6 Å². The van der Waals surface area contributed by atoms with E-state index in [-0.39, 0.29) is 5.82 Å². The van der Waals surface area contributed by atoms with Gasteiger partial charge < -0.3 is 5.11 Å². The van der Waals surface area contributed by atoms with E-state index < -0.39 is 6.10 Å². The van der Waals surface area contributed by atoms with Crippen molar-refractivity contribution in [1.82, 2.24) is 0 Å². The molecule has 0 spiro atoms. The Morgan fingerprint density at radius 1 is 1.22 bits per heavy atom. The summed E-state index contributed by atoms with van der Waals surface area (Å²) in [4.78, 5) is 0. The third kappa shape index (κ3) is 3.29. The first-order valence-electron chi connectivity index (χ1n) is 5.75. The van der Waals surface area contributed by atoms with Gasteiger partial charge in [-0.2, -0.15) is 0 Å². The molecule has 18 heavy (non-hydrogen) atoms. The number of aliphatic hydroxyl groups excluding tert-OH is 1. The van der Waals surface area contributed by atoms with Crippen molar-refractivity contribution in [2.45, 2.75) is 19.4 Å².